The van der Waals surface area contributed by atoms with E-state index in [2.05, 4.69) is 0 Å². The van der Waals surface area contributed by atoms with Gasteiger partial charge in [-0.05, 0) is 42.7 Å². The molecular formula is C21H24N2O5. The summed E-state index contributed by atoms with van der Waals surface area (Å²) in [6.45, 7) is 3.85. The third-order valence-electron chi connectivity index (χ3n) is 4.56. The molecule has 0 unspecified atom stereocenters. The van der Waals surface area contributed by atoms with Gasteiger partial charge in [0.1, 0.15) is 11.6 Å². The van der Waals surface area contributed by atoms with Crippen molar-refractivity contribution in [2.24, 2.45) is 0 Å². The standard InChI is InChI=1S/C21H24N2O5/c1-6-7-8-23-20(24)15(13(2)16(12-22)21(23)25)9-14-10-17(26-3)19(28-5)18(11-14)27-4/h9-11H,6-8H2,1-5H3/b15-9+. The number of ether oxygens (including phenoxy) is 3. The van der Waals surface area contributed by atoms with Gasteiger partial charge in [-0.25, -0.2) is 0 Å². The monoisotopic (exact) mass is 384 g/mol. The number of nitrogens with zero attached hydrogens (tertiary/aromatic N) is 2. The normalized spacial score (nSPS) is 15.7. The van der Waals surface area contributed by atoms with Crippen LogP contribution < -0.4 is 14.2 Å². The maximum absolute atomic E-state index is 13.0. The zero-order valence-electron chi connectivity index (χ0n) is 16.8. The van der Waals surface area contributed by atoms with Gasteiger partial charge in [-0.3, -0.25) is 14.5 Å². The van der Waals surface area contributed by atoms with Gasteiger partial charge in [-0.2, -0.15) is 5.26 Å². The van der Waals surface area contributed by atoms with E-state index in [9.17, 15) is 14.9 Å². The molecule has 2 amide bonds. The van der Waals surface area contributed by atoms with Crippen LogP contribution in [0.25, 0.3) is 6.08 Å². The first kappa shape index (κ1) is 21.0. The van der Waals surface area contributed by atoms with Gasteiger partial charge >= 0.3 is 0 Å². The molecule has 1 aromatic rings. The molecule has 0 N–H and O–H groups in total. The fraction of sp³-hybridized carbons (Fsp3) is 0.381. The predicted molar refractivity (Wildman–Crippen MR) is 104 cm³/mol. The number of imide groups is 1. The van der Waals surface area contributed by atoms with Gasteiger partial charge in [-0.15, -0.1) is 0 Å². The van der Waals surface area contributed by atoms with E-state index in [4.69, 9.17) is 14.2 Å². The van der Waals surface area contributed by atoms with Crippen molar-refractivity contribution in [3.05, 3.63) is 34.4 Å². The Bertz CT molecular complexity index is 868. The van der Waals surface area contributed by atoms with Crippen molar-refractivity contribution in [1.29, 1.82) is 5.26 Å². The largest absolute Gasteiger partial charge is 0.493 e. The lowest BCUT2D eigenvalue weighted by molar-refractivity contribution is -0.140. The molecule has 0 aliphatic carbocycles. The summed E-state index contributed by atoms with van der Waals surface area (Å²) in [5.41, 5.74) is 1.26. The number of hydrogen-bond donors (Lipinski definition) is 0. The van der Waals surface area contributed by atoms with Crippen molar-refractivity contribution >= 4 is 17.9 Å². The fourth-order valence-corrected chi connectivity index (χ4v) is 3.00. The summed E-state index contributed by atoms with van der Waals surface area (Å²) < 4.78 is 16.0. The van der Waals surface area contributed by atoms with Crippen molar-refractivity contribution < 1.29 is 23.8 Å². The van der Waals surface area contributed by atoms with Crippen LogP contribution >= 0.6 is 0 Å². The molecule has 1 aromatic carbocycles. The average Bonchev–Trinajstić information content (AvgIpc) is 2.70. The second-order valence-corrected chi connectivity index (χ2v) is 6.24. The topological polar surface area (TPSA) is 88.9 Å². The van der Waals surface area contributed by atoms with Crippen LogP contribution in [0.1, 0.15) is 32.3 Å². The number of carbonyl (C=O) groups is 2. The average molecular weight is 384 g/mol. The van der Waals surface area contributed by atoms with Crippen LogP contribution in [-0.4, -0.2) is 44.6 Å². The van der Waals surface area contributed by atoms with Crippen LogP contribution in [-0.2, 0) is 9.59 Å². The molecule has 1 aliphatic rings. The van der Waals surface area contributed by atoms with E-state index in [1.165, 1.54) is 21.3 Å². The molecule has 0 atom stereocenters. The Morgan fingerprint density at radius 3 is 2.14 bits per heavy atom. The van der Waals surface area contributed by atoms with Gasteiger partial charge in [0, 0.05) is 12.1 Å². The molecule has 28 heavy (non-hydrogen) atoms. The van der Waals surface area contributed by atoms with Crippen LogP contribution in [0.4, 0.5) is 0 Å². The molecule has 2 rings (SSSR count). The Morgan fingerprint density at radius 1 is 1.07 bits per heavy atom. The molecule has 0 fully saturated rings. The second kappa shape index (κ2) is 9.09. The Labute approximate surface area is 164 Å². The second-order valence-electron chi connectivity index (χ2n) is 6.24. The lowest BCUT2D eigenvalue weighted by atomic mass is 9.93. The van der Waals surface area contributed by atoms with Crippen LogP contribution in [0.5, 0.6) is 17.2 Å². The highest BCUT2D eigenvalue weighted by Crippen LogP contribution is 2.39. The molecule has 1 aliphatic heterocycles. The summed E-state index contributed by atoms with van der Waals surface area (Å²) in [5, 5.41) is 9.43. The zero-order chi connectivity index (χ0) is 20.8. The highest BCUT2D eigenvalue weighted by atomic mass is 16.5. The summed E-state index contributed by atoms with van der Waals surface area (Å²) in [6, 6.07) is 5.34. The lowest BCUT2D eigenvalue weighted by Gasteiger charge is -2.27. The minimum atomic E-state index is -0.541. The number of nitriles is 1. The van der Waals surface area contributed by atoms with E-state index in [1.807, 2.05) is 13.0 Å². The van der Waals surface area contributed by atoms with Crippen LogP contribution in [0, 0.1) is 11.3 Å². The summed E-state index contributed by atoms with van der Waals surface area (Å²) in [4.78, 5) is 26.6. The Morgan fingerprint density at radius 2 is 1.68 bits per heavy atom. The number of methoxy groups -OCH3 is 3. The molecule has 0 radical (unpaired) electrons. The maximum atomic E-state index is 13.0. The smallest absolute Gasteiger partial charge is 0.271 e. The Balaban J connectivity index is 2.62. The Kier molecular flexibility index (Phi) is 6.83. The summed E-state index contributed by atoms with van der Waals surface area (Å²) in [7, 11) is 4.51. The third-order valence-corrected chi connectivity index (χ3v) is 4.56. The molecule has 7 heteroatoms. The molecule has 0 saturated carbocycles. The maximum Gasteiger partial charge on any atom is 0.271 e. The lowest BCUT2D eigenvalue weighted by Crippen LogP contribution is -2.43. The van der Waals surface area contributed by atoms with E-state index in [0.717, 1.165) is 11.3 Å². The number of hydrogen-bond acceptors (Lipinski definition) is 6. The van der Waals surface area contributed by atoms with Gasteiger partial charge in [0.2, 0.25) is 5.75 Å². The number of amides is 2. The fourth-order valence-electron chi connectivity index (χ4n) is 3.00. The van der Waals surface area contributed by atoms with Gasteiger partial charge in [0.25, 0.3) is 11.8 Å². The van der Waals surface area contributed by atoms with Crippen molar-refractivity contribution in [3.63, 3.8) is 0 Å². The van der Waals surface area contributed by atoms with E-state index < -0.39 is 11.8 Å². The van der Waals surface area contributed by atoms with Crippen LogP contribution in [0.3, 0.4) is 0 Å². The number of unbranched alkanes of at least 4 members (excludes halogenated alkanes) is 1. The molecule has 1 heterocycles. The molecule has 0 spiro atoms. The van der Waals surface area contributed by atoms with Gasteiger partial charge in [0.05, 0.1) is 21.3 Å². The van der Waals surface area contributed by atoms with E-state index >= 15 is 0 Å². The zero-order valence-corrected chi connectivity index (χ0v) is 16.8. The predicted octanol–water partition coefficient (Wildman–Crippen LogP) is 3.10. The molecule has 0 saturated heterocycles. The number of benzene rings is 1. The van der Waals surface area contributed by atoms with Crippen molar-refractivity contribution in [3.8, 4) is 23.3 Å². The first-order valence-corrected chi connectivity index (χ1v) is 8.92. The van der Waals surface area contributed by atoms with Gasteiger partial charge < -0.3 is 14.2 Å². The van der Waals surface area contributed by atoms with Crippen LogP contribution in [0.15, 0.2) is 28.9 Å². The number of rotatable bonds is 7. The number of carbonyl (C=O) groups excluding carboxylic acids is 2. The summed E-state index contributed by atoms with van der Waals surface area (Å²) >= 11 is 0. The SMILES string of the molecule is CCCCN1C(=O)C(C#N)=C(C)/C(=C\c2cc(OC)c(OC)c(OC)c2)C1=O. The summed E-state index contributed by atoms with van der Waals surface area (Å²) in [6.07, 6.45) is 3.13. The van der Waals surface area contributed by atoms with E-state index in [1.54, 1.807) is 25.1 Å². The van der Waals surface area contributed by atoms with Crippen molar-refractivity contribution in [1.82, 2.24) is 4.90 Å². The minimum Gasteiger partial charge on any atom is -0.493 e. The van der Waals surface area contributed by atoms with Crippen LogP contribution in [0.2, 0.25) is 0 Å². The molecule has 0 bridgehead atoms. The van der Waals surface area contributed by atoms with E-state index in [0.29, 0.717) is 40.4 Å². The first-order valence-electron chi connectivity index (χ1n) is 8.92. The van der Waals surface area contributed by atoms with E-state index in [-0.39, 0.29) is 12.1 Å². The van der Waals surface area contributed by atoms with Crippen molar-refractivity contribution in [2.45, 2.75) is 26.7 Å². The molecule has 7 nitrogen and oxygen atoms in total. The van der Waals surface area contributed by atoms with Gasteiger partial charge in [-0.1, -0.05) is 13.3 Å². The Hall–Kier alpha value is -3.27. The first-order chi connectivity index (χ1) is 13.4. The third kappa shape index (κ3) is 3.86. The quantitative estimate of drug-likeness (QED) is 0.530. The molecular weight excluding hydrogens is 360 g/mol. The molecule has 148 valence electrons. The highest BCUT2D eigenvalue weighted by molar-refractivity contribution is 6.19. The van der Waals surface area contributed by atoms with Gasteiger partial charge in [0.15, 0.2) is 11.5 Å². The molecule has 0 aromatic heterocycles. The van der Waals surface area contributed by atoms with Crippen molar-refractivity contribution in [2.75, 3.05) is 27.9 Å². The highest BCUT2D eigenvalue weighted by Gasteiger charge is 2.35. The summed E-state index contributed by atoms with van der Waals surface area (Å²) in [5.74, 6) is 0.368. The minimum absolute atomic E-state index is 0.0191.